The monoisotopic (exact) mass is 410 g/mol. The molecule has 1 aliphatic heterocycles. The first-order valence-corrected chi connectivity index (χ1v) is 11.2. The zero-order valence-corrected chi connectivity index (χ0v) is 17.8. The first-order chi connectivity index (χ1) is 14.1. The summed E-state index contributed by atoms with van der Waals surface area (Å²) < 4.78 is 1.65. The van der Waals surface area contributed by atoms with E-state index < -0.39 is 0 Å². The molecule has 152 valence electrons. The van der Waals surface area contributed by atoms with Gasteiger partial charge >= 0.3 is 0 Å². The third-order valence-electron chi connectivity index (χ3n) is 5.91. The van der Waals surface area contributed by atoms with Gasteiger partial charge in [-0.1, -0.05) is 0 Å². The van der Waals surface area contributed by atoms with E-state index in [0.717, 1.165) is 55.2 Å². The van der Waals surface area contributed by atoms with Crippen molar-refractivity contribution in [3.05, 3.63) is 34.2 Å². The van der Waals surface area contributed by atoms with E-state index in [4.69, 9.17) is 9.97 Å². The van der Waals surface area contributed by atoms with Gasteiger partial charge in [0.25, 0.3) is 5.91 Å². The Bertz CT molecular complexity index is 1070. The SMILES string of the molecule is Cc1nc(N2CCCC(NC(=O)c3ccn(C)n3)C2)c2c3c(sc2n1)CCCC3. The van der Waals surface area contributed by atoms with Gasteiger partial charge < -0.3 is 10.2 Å². The van der Waals surface area contributed by atoms with Crippen LogP contribution in [0, 0.1) is 6.92 Å². The van der Waals surface area contributed by atoms with E-state index in [1.54, 1.807) is 16.9 Å². The zero-order valence-electron chi connectivity index (χ0n) is 16.9. The van der Waals surface area contributed by atoms with E-state index in [9.17, 15) is 4.79 Å². The molecular weight excluding hydrogens is 384 g/mol. The van der Waals surface area contributed by atoms with Crippen molar-refractivity contribution in [1.29, 1.82) is 0 Å². The fraction of sp³-hybridized carbons (Fsp3) is 0.524. The van der Waals surface area contributed by atoms with Gasteiger partial charge in [0.05, 0.1) is 5.39 Å². The van der Waals surface area contributed by atoms with Crippen LogP contribution in [0.5, 0.6) is 0 Å². The van der Waals surface area contributed by atoms with Crippen LogP contribution >= 0.6 is 11.3 Å². The van der Waals surface area contributed by atoms with Crippen LogP contribution in [0.2, 0.25) is 0 Å². The molecule has 2 aliphatic rings. The molecule has 7 nitrogen and oxygen atoms in total. The molecule has 0 radical (unpaired) electrons. The minimum absolute atomic E-state index is 0.0954. The molecule has 1 fully saturated rings. The summed E-state index contributed by atoms with van der Waals surface area (Å²) in [6.45, 7) is 3.72. The third-order valence-corrected chi connectivity index (χ3v) is 7.10. The summed E-state index contributed by atoms with van der Waals surface area (Å²) in [5, 5.41) is 8.65. The second-order valence-electron chi connectivity index (χ2n) is 8.12. The quantitative estimate of drug-likeness (QED) is 0.718. The molecule has 0 saturated carbocycles. The molecule has 1 saturated heterocycles. The van der Waals surface area contributed by atoms with Gasteiger partial charge in [0.2, 0.25) is 0 Å². The second-order valence-corrected chi connectivity index (χ2v) is 9.20. The van der Waals surface area contributed by atoms with E-state index in [-0.39, 0.29) is 11.9 Å². The highest BCUT2D eigenvalue weighted by molar-refractivity contribution is 7.19. The lowest BCUT2D eigenvalue weighted by molar-refractivity contribution is 0.0927. The van der Waals surface area contributed by atoms with Crippen LogP contribution in [-0.2, 0) is 19.9 Å². The number of aryl methyl sites for hydroxylation is 4. The average molecular weight is 411 g/mol. The third kappa shape index (κ3) is 3.50. The molecule has 1 amide bonds. The summed E-state index contributed by atoms with van der Waals surface area (Å²) >= 11 is 1.84. The van der Waals surface area contributed by atoms with E-state index in [1.165, 1.54) is 28.7 Å². The Hall–Kier alpha value is -2.48. The maximum atomic E-state index is 12.6. The Balaban J connectivity index is 1.42. The number of hydrogen-bond donors (Lipinski definition) is 1. The predicted molar refractivity (Wildman–Crippen MR) is 115 cm³/mol. The first kappa shape index (κ1) is 18.5. The van der Waals surface area contributed by atoms with Crippen molar-refractivity contribution in [1.82, 2.24) is 25.1 Å². The Morgan fingerprint density at radius 2 is 2.10 bits per heavy atom. The van der Waals surface area contributed by atoms with Crippen LogP contribution in [0.4, 0.5) is 5.82 Å². The fourth-order valence-corrected chi connectivity index (χ4v) is 5.86. The Morgan fingerprint density at radius 1 is 1.24 bits per heavy atom. The van der Waals surface area contributed by atoms with Crippen LogP contribution in [0.25, 0.3) is 10.2 Å². The highest BCUT2D eigenvalue weighted by Crippen LogP contribution is 2.40. The second kappa shape index (κ2) is 7.40. The lowest BCUT2D eigenvalue weighted by Gasteiger charge is -2.34. The average Bonchev–Trinajstić information content (AvgIpc) is 3.30. The molecule has 1 unspecified atom stereocenters. The molecule has 8 heteroatoms. The van der Waals surface area contributed by atoms with Gasteiger partial charge in [0.1, 0.15) is 22.2 Å². The molecule has 1 aliphatic carbocycles. The van der Waals surface area contributed by atoms with Crippen LogP contribution in [0.1, 0.15) is 52.4 Å². The molecule has 5 rings (SSSR count). The number of anilines is 1. The number of nitrogens with one attached hydrogen (secondary N) is 1. The summed E-state index contributed by atoms with van der Waals surface area (Å²) in [5.74, 6) is 1.78. The highest BCUT2D eigenvalue weighted by Gasteiger charge is 2.28. The maximum absolute atomic E-state index is 12.6. The normalized spacial score (nSPS) is 19.4. The van der Waals surface area contributed by atoms with Crippen LogP contribution in [0.15, 0.2) is 12.3 Å². The molecule has 3 aromatic rings. The van der Waals surface area contributed by atoms with Crippen molar-refractivity contribution in [2.75, 3.05) is 18.0 Å². The van der Waals surface area contributed by atoms with Crippen molar-refractivity contribution in [2.24, 2.45) is 7.05 Å². The molecule has 4 heterocycles. The van der Waals surface area contributed by atoms with E-state index in [0.29, 0.717) is 5.69 Å². The predicted octanol–water partition coefficient (Wildman–Crippen LogP) is 3.01. The number of carbonyl (C=O) groups is 1. The minimum Gasteiger partial charge on any atom is -0.354 e. The number of hydrogen-bond acceptors (Lipinski definition) is 6. The van der Waals surface area contributed by atoms with Crippen LogP contribution < -0.4 is 10.2 Å². The first-order valence-electron chi connectivity index (χ1n) is 10.4. The lowest BCUT2D eigenvalue weighted by Crippen LogP contribution is -2.48. The Morgan fingerprint density at radius 3 is 2.93 bits per heavy atom. The molecule has 1 atom stereocenters. The Labute approximate surface area is 174 Å². The molecule has 0 aromatic carbocycles. The molecular formula is C21H26N6OS. The van der Waals surface area contributed by atoms with Gasteiger partial charge in [-0.25, -0.2) is 9.97 Å². The number of carbonyl (C=O) groups excluding carboxylic acids is 1. The van der Waals surface area contributed by atoms with Gasteiger partial charge in [-0.2, -0.15) is 5.10 Å². The smallest absolute Gasteiger partial charge is 0.272 e. The number of nitrogens with zero attached hydrogens (tertiary/aromatic N) is 5. The molecule has 3 aromatic heterocycles. The molecule has 1 N–H and O–H groups in total. The number of thiophene rings is 1. The number of rotatable bonds is 3. The van der Waals surface area contributed by atoms with Crippen LogP contribution in [0.3, 0.4) is 0 Å². The van der Waals surface area contributed by atoms with Crippen molar-refractivity contribution >= 4 is 33.3 Å². The fourth-order valence-electron chi connectivity index (χ4n) is 4.55. The Kier molecular flexibility index (Phi) is 4.73. The van der Waals surface area contributed by atoms with Crippen molar-refractivity contribution in [2.45, 2.75) is 51.5 Å². The van der Waals surface area contributed by atoms with E-state index >= 15 is 0 Å². The van der Waals surface area contributed by atoms with Crippen molar-refractivity contribution < 1.29 is 4.79 Å². The summed E-state index contributed by atoms with van der Waals surface area (Å²) in [5.41, 5.74) is 1.93. The molecule has 29 heavy (non-hydrogen) atoms. The van der Waals surface area contributed by atoms with E-state index in [1.807, 2.05) is 25.3 Å². The summed E-state index contributed by atoms with van der Waals surface area (Å²) in [6.07, 6.45) is 8.61. The van der Waals surface area contributed by atoms with Gasteiger partial charge in [0.15, 0.2) is 0 Å². The number of aromatic nitrogens is 4. The topological polar surface area (TPSA) is 75.9 Å². The van der Waals surface area contributed by atoms with Crippen molar-refractivity contribution in [3.63, 3.8) is 0 Å². The summed E-state index contributed by atoms with van der Waals surface area (Å²) in [4.78, 5) is 27.1. The van der Waals surface area contributed by atoms with Gasteiger partial charge in [-0.3, -0.25) is 9.48 Å². The summed E-state index contributed by atoms with van der Waals surface area (Å²) in [7, 11) is 1.82. The zero-order chi connectivity index (χ0) is 20.0. The minimum atomic E-state index is -0.102. The maximum Gasteiger partial charge on any atom is 0.272 e. The number of amides is 1. The number of fused-ring (bicyclic) bond motifs is 3. The van der Waals surface area contributed by atoms with E-state index in [2.05, 4.69) is 15.3 Å². The number of piperidine rings is 1. The highest BCUT2D eigenvalue weighted by atomic mass is 32.1. The largest absolute Gasteiger partial charge is 0.354 e. The molecule has 0 spiro atoms. The molecule has 0 bridgehead atoms. The van der Waals surface area contributed by atoms with Gasteiger partial charge in [0, 0.05) is 37.3 Å². The van der Waals surface area contributed by atoms with Gasteiger partial charge in [-0.05, 0) is 57.1 Å². The lowest BCUT2D eigenvalue weighted by atomic mass is 9.96. The standard InChI is InChI=1S/C21H26N6OS/c1-13-22-19(18-15-7-3-4-8-17(15)29-21(18)23-13)27-10-5-6-14(12-27)24-20(28)16-9-11-26(2)25-16/h9,11,14H,3-8,10,12H2,1-2H3,(H,24,28). The van der Waals surface area contributed by atoms with Gasteiger partial charge in [-0.15, -0.1) is 11.3 Å². The van der Waals surface area contributed by atoms with Crippen molar-refractivity contribution in [3.8, 4) is 0 Å². The summed E-state index contributed by atoms with van der Waals surface area (Å²) in [6, 6.07) is 1.85. The van der Waals surface area contributed by atoms with Crippen LogP contribution in [-0.4, -0.2) is 44.8 Å².